The van der Waals surface area contributed by atoms with Crippen LogP contribution < -0.4 is 21.7 Å². The maximum absolute atomic E-state index is 12.7. The lowest BCUT2D eigenvalue weighted by Gasteiger charge is -2.23. The van der Waals surface area contributed by atoms with Crippen LogP contribution in [-0.4, -0.2) is 80.7 Å². The number of nitrogens with two attached hydrogens (primary N) is 1. The Morgan fingerprint density at radius 1 is 0.971 bits per heavy atom. The third-order valence-electron chi connectivity index (χ3n) is 5.28. The summed E-state index contributed by atoms with van der Waals surface area (Å²) in [6.07, 6.45) is 1.17. The van der Waals surface area contributed by atoms with E-state index >= 15 is 0 Å². The molecule has 0 aliphatic rings. The van der Waals surface area contributed by atoms with Gasteiger partial charge in [0.1, 0.15) is 18.1 Å². The van der Waals surface area contributed by atoms with Gasteiger partial charge in [-0.25, -0.2) is 4.79 Å². The van der Waals surface area contributed by atoms with Crippen LogP contribution in [0.3, 0.4) is 0 Å². The number of hydrogen-bond donors (Lipinski definition) is 8. The predicted molar refractivity (Wildman–Crippen MR) is 123 cm³/mol. The molecule has 0 aliphatic heterocycles. The summed E-state index contributed by atoms with van der Waals surface area (Å²) in [6, 6.07) is 2.28. The number of aliphatic carboxylic acids is 2. The average Bonchev–Trinajstić information content (AvgIpc) is 3.21. The molecule has 13 nitrogen and oxygen atoms in total. The number of hydrogen-bond acceptors (Lipinski definition) is 7. The monoisotopic (exact) mass is 491 g/mol. The number of para-hydroxylation sites is 1. The molecule has 0 bridgehead atoms. The van der Waals surface area contributed by atoms with Gasteiger partial charge in [-0.2, -0.15) is 0 Å². The second kappa shape index (κ2) is 12.5. The third kappa shape index (κ3) is 7.79. The Morgan fingerprint density at radius 3 is 2.26 bits per heavy atom. The number of amides is 3. The van der Waals surface area contributed by atoms with Gasteiger partial charge in [-0.15, -0.1) is 0 Å². The van der Waals surface area contributed by atoms with E-state index in [0.29, 0.717) is 0 Å². The van der Waals surface area contributed by atoms with Crippen molar-refractivity contribution >= 4 is 40.6 Å². The lowest BCUT2D eigenvalue weighted by atomic mass is 10.0. The number of carbonyl (C=O) groups is 5. The van der Waals surface area contributed by atoms with Crippen LogP contribution in [0.1, 0.15) is 25.3 Å². The molecule has 13 heteroatoms. The van der Waals surface area contributed by atoms with Gasteiger partial charge in [0.25, 0.3) is 0 Å². The van der Waals surface area contributed by atoms with E-state index in [1.54, 1.807) is 6.20 Å². The van der Waals surface area contributed by atoms with Crippen molar-refractivity contribution in [3.8, 4) is 0 Å². The van der Waals surface area contributed by atoms with E-state index in [4.69, 9.17) is 21.1 Å². The summed E-state index contributed by atoms with van der Waals surface area (Å²) in [4.78, 5) is 62.6. The zero-order valence-electron chi connectivity index (χ0n) is 19.0. The SMILES string of the molecule is CC(NC(=O)C(CCC(=O)O)NC(=O)C(N)Cc1c[nH]c2ccccc12)C(=O)NC(CO)C(=O)O. The number of benzene rings is 1. The standard InChI is InChI=1S/C22H29N5O8/c1-11(19(31)27-17(10-28)22(34)35)25-21(33)16(6-7-18(29)30)26-20(32)14(23)8-12-9-24-15-5-3-2-4-13(12)15/h2-5,9,11,14,16-17,24,28H,6-8,10,23H2,1H3,(H,25,33)(H,26,32)(H,27,31)(H,29,30)(H,34,35). The normalized spacial score (nSPS) is 14.4. The molecule has 1 aromatic carbocycles. The Hall–Kier alpha value is -3.97. The first-order valence-electron chi connectivity index (χ1n) is 10.8. The lowest BCUT2D eigenvalue weighted by molar-refractivity contribution is -0.143. The van der Waals surface area contributed by atoms with E-state index in [1.807, 2.05) is 24.3 Å². The molecule has 0 aliphatic carbocycles. The van der Waals surface area contributed by atoms with Gasteiger partial charge in [-0.1, -0.05) is 18.2 Å². The summed E-state index contributed by atoms with van der Waals surface area (Å²) in [7, 11) is 0. The minimum Gasteiger partial charge on any atom is -0.481 e. The molecule has 0 radical (unpaired) electrons. The molecular weight excluding hydrogens is 462 g/mol. The molecule has 35 heavy (non-hydrogen) atoms. The second-order valence-electron chi connectivity index (χ2n) is 7.98. The zero-order valence-corrected chi connectivity index (χ0v) is 19.0. The highest BCUT2D eigenvalue weighted by atomic mass is 16.4. The van der Waals surface area contributed by atoms with Gasteiger partial charge in [-0.05, 0) is 31.4 Å². The summed E-state index contributed by atoms with van der Waals surface area (Å²) in [5, 5.41) is 34.6. The van der Waals surface area contributed by atoms with Crippen LogP contribution in [0.5, 0.6) is 0 Å². The maximum Gasteiger partial charge on any atom is 0.328 e. The highest BCUT2D eigenvalue weighted by Gasteiger charge is 2.28. The van der Waals surface area contributed by atoms with Gasteiger partial charge in [0.15, 0.2) is 0 Å². The summed E-state index contributed by atoms with van der Waals surface area (Å²) in [5.41, 5.74) is 7.69. The molecule has 0 spiro atoms. The van der Waals surface area contributed by atoms with Crippen LogP contribution in [0.2, 0.25) is 0 Å². The van der Waals surface area contributed by atoms with Crippen LogP contribution in [0.15, 0.2) is 30.5 Å². The Labute approximate surface area is 200 Å². The van der Waals surface area contributed by atoms with Crippen LogP contribution in [0.25, 0.3) is 10.9 Å². The van der Waals surface area contributed by atoms with Crippen molar-refractivity contribution in [3.63, 3.8) is 0 Å². The maximum atomic E-state index is 12.7. The Morgan fingerprint density at radius 2 is 1.63 bits per heavy atom. The van der Waals surface area contributed by atoms with Crippen LogP contribution in [-0.2, 0) is 30.4 Å². The van der Waals surface area contributed by atoms with Crippen LogP contribution >= 0.6 is 0 Å². The number of carbonyl (C=O) groups excluding carboxylic acids is 3. The third-order valence-corrected chi connectivity index (χ3v) is 5.28. The van der Waals surface area contributed by atoms with Gasteiger partial charge < -0.3 is 42.0 Å². The number of aliphatic hydroxyl groups excluding tert-OH is 1. The van der Waals surface area contributed by atoms with Gasteiger partial charge in [0.05, 0.1) is 12.6 Å². The Kier molecular flexibility index (Phi) is 9.73. The second-order valence-corrected chi connectivity index (χ2v) is 7.98. The Bertz CT molecular complexity index is 1080. The molecule has 0 fully saturated rings. The van der Waals surface area contributed by atoms with Crippen LogP contribution in [0.4, 0.5) is 0 Å². The molecule has 0 saturated carbocycles. The molecule has 2 aromatic rings. The highest BCUT2D eigenvalue weighted by molar-refractivity contribution is 5.94. The van der Waals surface area contributed by atoms with Crippen molar-refractivity contribution in [3.05, 3.63) is 36.0 Å². The number of aromatic amines is 1. The molecule has 1 aromatic heterocycles. The number of rotatable bonds is 13. The highest BCUT2D eigenvalue weighted by Crippen LogP contribution is 2.18. The van der Waals surface area contributed by atoms with Crippen molar-refractivity contribution in [2.75, 3.05) is 6.61 Å². The van der Waals surface area contributed by atoms with Crippen molar-refractivity contribution in [1.82, 2.24) is 20.9 Å². The van der Waals surface area contributed by atoms with E-state index in [1.165, 1.54) is 6.92 Å². The summed E-state index contributed by atoms with van der Waals surface area (Å²) in [5.74, 6) is -5.09. The van der Waals surface area contributed by atoms with Crippen molar-refractivity contribution in [2.45, 2.75) is 50.4 Å². The number of H-pyrrole nitrogens is 1. The first-order chi connectivity index (χ1) is 16.5. The van der Waals surface area contributed by atoms with Crippen molar-refractivity contribution < 1.29 is 39.3 Å². The summed E-state index contributed by atoms with van der Waals surface area (Å²) >= 11 is 0. The molecule has 190 valence electrons. The number of nitrogens with one attached hydrogen (secondary N) is 4. The number of fused-ring (bicyclic) bond motifs is 1. The molecular formula is C22H29N5O8. The molecule has 4 atom stereocenters. The first kappa shape index (κ1) is 27.3. The molecule has 4 unspecified atom stereocenters. The number of aromatic nitrogens is 1. The van der Waals surface area contributed by atoms with Crippen molar-refractivity contribution in [1.29, 1.82) is 0 Å². The van der Waals surface area contributed by atoms with Gasteiger partial charge >= 0.3 is 11.9 Å². The van der Waals surface area contributed by atoms with E-state index in [-0.39, 0.29) is 12.8 Å². The fourth-order valence-electron chi connectivity index (χ4n) is 3.31. The van der Waals surface area contributed by atoms with Gasteiger partial charge in [-0.3, -0.25) is 19.2 Å². The number of carboxylic acids is 2. The zero-order chi connectivity index (χ0) is 26.1. The van der Waals surface area contributed by atoms with E-state index in [2.05, 4.69) is 20.9 Å². The van der Waals surface area contributed by atoms with Crippen LogP contribution in [0, 0.1) is 0 Å². The fourth-order valence-corrected chi connectivity index (χ4v) is 3.31. The first-order valence-corrected chi connectivity index (χ1v) is 10.8. The van der Waals surface area contributed by atoms with Crippen molar-refractivity contribution in [2.24, 2.45) is 5.73 Å². The minimum atomic E-state index is -1.56. The quantitative estimate of drug-likeness (QED) is 0.162. The largest absolute Gasteiger partial charge is 0.481 e. The summed E-state index contributed by atoms with van der Waals surface area (Å²) < 4.78 is 0. The Balaban J connectivity index is 2.04. The fraction of sp³-hybridized carbons (Fsp3) is 0.409. The molecule has 1 heterocycles. The lowest BCUT2D eigenvalue weighted by Crippen LogP contribution is -2.56. The minimum absolute atomic E-state index is 0.152. The molecule has 3 amide bonds. The molecule has 9 N–H and O–H groups in total. The summed E-state index contributed by atoms with van der Waals surface area (Å²) in [6.45, 7) is 0.412. The molecule has 2 rings (SSSR count). The van der Waals surface area contributed by atoms with E-state index in [9.17, 15) is 24.0 Å². The smallest absolute Gasteiger partial charge is 0.328 e. The average molecular weight is 492 g/mol. The van der Waals surface area contributed by atoms with Gasteiger partial charge in [0, 0.05) is 23.5 Å². The van der Waals surface area contributed by atoms with Gasteiger partial charge in [0.2, 0.25) is 17.7 Å². The number of aliphatic hydroxyl groups is 1. The van der Waals surface area contributed by atoms with E-state index < -0.39 is 66.9 Å². The van der Waals surface area contributed by atoms with E-state index in [0.717, 1.165) is 16.5 Å². The predicted octanol–water partition coefficient (Wildman–Crippen LogP) is -1.55. The topological polar surface area (TPSA) is 224 Å². The number of carboxylic acid groups (broad SMARTS) is 2. The molecule has 0 saturated heterocycles.